The molecule has 0 saturated carbocycles. The molecule has 1 aliphatic heterocycles. The Morgan fingerprint density at radius 3 is 3.14 bits per heavy atom. The number of aryl methyl sites for hydroxylation is 1. The second-order valence-corrected chi connectivity index (χ2v) is 4.97. The summed E-state index contributed by atoms with van der Waals surface area (Å²) in [6, 6.07) is 1.15. The van der Waals surface area contributed by atoms with Gasteiger partial charge in [0, 0.05) is 31.5 Å². The molecule has 2 N–H and O–H groups in total. The van der Waals surface area contributed by atoms with E-state index >= 15 is 0 Å². The van der Waals surface area contributed by atoms with Crippen LogP contribution in [0.5, 0.6) is 0 Å². The van der Waals surface area contributed by atoms with E-state index in [1.54, 1.807) is 16.9 Å². The molecule has 2 atom stereocenters. The van der Waals surface area contributed by atoms with Gasteiger partial charge in [-0.1, -0.05) is 5.16 Å². The molecule has 0 aliphatic carbocycles. The minimum atomic E-state index is -0.326. The quantitative estimate of drug-likeness (QED) is 0.892. The lowest BCUT2D eigenvalue weighted by Gasteiger charge is -2.31. The Labute approximate surface area is 121 Å². The van der Waals surface area contributed by atoms with Crippen LogP contribution in [-0.4, -0.2) is 33.6 Å². The van der Waals surface area contributed by atoms with E-state index in [1.807, 2.05) is 13.2 Å². The number of carbonyl (C=O) groups excluding carboxylic acids is 1. The molecule has 2 aromatic heterocycles. The predicted octanol–water partition coefficient (Wildman–Crippen LogP) is 1.45. The van der Waals surface area contributed by atoms with Crippen LogP contribution in [0, 0.1) is 0 Å². The van der Waals surface area contributed by atoms with Gasteiger partial charge in [0.15, 0.2) is 5.82 Å². The van der Waals surface area contributed by atoms with Crippen molar-refractivity contribution >= 4 is 11.8 Å². The number of hydrogen-bond donors (Lipinski definition) is 2. The summed E-state index contributed by atoms with van der Waals surface area (Å²) in [6.45, 7) is 0.683. The molecule has 1 saturated heterocycles. The first-order chi connectivity index (χ1) is 10.2. The Kier molecular flexibility index (Phi) is 3.87. The minimum Gasteiger partial charge on any atom is -0.371 e. The summed E-state index contributed by atoms with van der Waals surface area (Å²) in [5.74, 6) is 0.377. The van der Waals surface area contributed by atoms with E-state index in [2.05, 4.69) is 25.4 Å². The zero-order valence-electron chi connectivity index (χ0n) is 11.7. The second-order valence-electron chi connectivity index (χ2n) is 4.97. The number of ether oxygens (including phenoxy) is 1. The fourth-order valence-electron chi connectivity index (χ4n) is 2.44. The van der Waals surface area contributed by atoms with Crippen LogP contribution in [0.4, 0.5) is 10.6 Å². The van der Waals surface area contributed by atoms with Gasteiger partial charge in [0.05, 0.1) is 12.2 Å². The maximum absolute atomic E-state index is 12.0. The number of carbonyl (C=O) groups is 1. The van der Waals surface area contributed by atoms with Crippen LogP contribution < -0.4 is 10.6 Å². The molecular weight excluding hydrogens is 274 g/mol. The van der Waals surface area contributed by atoms with E-state index in [1.165, 1.54) is 6.26 Å². The highest BCUT2D eigenvalue weighted by atomic mass is 16.5. The van der Waals surface area contributed by atoms with E-state index < -0.39 is 0 Å². The van der Waals surface area contributed by atoms with E-state index in [0.717, 1.165) is 18.4 Å². The maximum atomic E-state index is 12.0. The van der Waals surface area contributed by atoms with Crippen LogP contribution in [0.2, 0.25) is 0 Å². The van der Waals surface area contributed by atoms with E-state index in [-0.39, 0.29) is 18.2 Å². The number of rotatable bonds is 3. The second kappa shape index (κ2) is 5.96. The van der Waals surface area contributed by atoms with Crippen molar-refractivity contribution in [1.29, 1.82) is 0 Å². The fraction of sp³-hybridized carbons (Fsp3) is 0.462. The zero-order chi connectivity index (χ0) is 14.7. The lowest BCUT2D eigenvalue weighted by atomic mass is 9.98. The third kappa shape index (κ3) is 3.22. The van der Waals surface area contributed by atoms with Crippen molar-refractivity contribution in [3.8, 4) is 0 Å². The summed E-state index contributed by atoms with van der Waals surface area (Å²) in [5, 5.41) is 13.3. The van der Waals surface area contributed by atoms with Gasteiger partial charge in [-0.3, -0.25) is 10.00 Å². The SMILES string of the molecule is Cn1cc([C@H]2OCCC[C@@H]2NC(=O)Nc2ccon2)cn1. The van der Waals surface area contributed by atoms with Gasteiger partial charge < -0.3 is 14.6 Å². The van der Waals surface area contributed by atoms with E-state index in [0.29, 0.717) is 12.4 Å². The summed E-state index contributed by atoms with van der Waals surface area (Å²) in [5.41, 5.74) is 0.962. The molecule has 3 heterocycles. The van der Waals surface area contributed by atoms with Crippen LogP contribution in [0.15, 0.2) is 29.2 Å². The van der Waals surface area contributed by atoms with Crippen LogP contribution in [0.25, 0.3) is 0 Å². The van der Waals surface area contributed by atoms with E-state index in [9.17, 15) is 4.79 Å². The van der Waals surface area contributed by atoms with Crippen LogP contribution in [0.1, 0.15) is 24.5 Å². The topological polar surface area (TPSA) is 94.2 Å². The Balaban J connectivity index is 1.65. The molecule has 1 aliphatic rings. The smallest absolute Gasteiger partial charge is 0.320 e. The summed E-state index contributed by atoms with van der Waals surface area (Å²) in [4.78, 5) is 12.0. The van der Waals surface area contributed by atoms with E-state index in [4.69, 9.17) is 4.74 Å². The van der Waals surface area contributed by atoms with Crippen LogP contribution in [-0.2, 0) is 11.8 Å². The van der Waals surface area contributed by atoms with Crippen molar-refractivity contribution in [2.75, 3.05) is 11.9 Å². The zero-order valence-corrected chi connectivity index (χ0v) is 11.7. The Morgan fingerprint density at radius 1 is 1.52 bits per heavy atom. The summed E-state index contributed by atoms with van der Waals surface area (Å²) < 4.78 is 12.2. The molecule has 0 unspecified atom stereocenters. The Bertz CT molecular complexity index is 595. The van der Waals surface area contributed by atoms with Gasteiger partial charge in [-0.2, -0.15) is 5.10 Å². The highest BCUT2D eigenvalue weighted by Crippen LogP contribution is 2.28. The molecule has 3 rings (SSSR count). The lowest BCUT2D eigenvalue weighted by molar-refractivity contribution is -0.00700. The van der Waals surface area contributed by atoms with Crippen molar-refractivity contribution in [2.45, 2.75) is 25.0 Å². The summed E-state index contributed by atoms with van der Waals surface area (Å²) in [7, 11) is 1.85. The predicted molar refractivity (Wildman–Crippen MR) is 73.6 cm³/mol. The Morgan fingerprint density at radius 2 is 2.43 bits per heavy atom. The van der Waals surface area contributed by atoms with Gasteiger partial charge in [-0.25, -0.2) is 4.79 Å². The summed E-state index contributed by atoms with van der Waals surface area (Å²) in [6.07, 6.45) is 6.64. The molecule has 0 bridgehead atoms. The first-order valence-corrected chi connectivity index (χ1v) is 6.80. The summed E-state index contributed by atoms with van der Waals surface area (Å²) >= 11 is 0. The molecule has 0 spiro atoms. The first kappa shape index (κ1) is 13.6. The van der Waals surface area contributed by atoms with Gasteiger partial charge in [0.1, 0.15) is 12.4 Å². The fourth-order valence-corrected chi connectivity index (χ4v) is 2.44. The molecule has 21 heavy (non-hydrogen) atoms. The molecule has 2 aromatic rings. The highest BCUT2D eigenvalue weighted by Gasteiger charge is 2.29. The number of aromatic nitrogens is 3. The van der Waals surface area contributed by atoms with Gasteiger partial charge in [0.25, 0.3) is 0 Å². The third-order valence-electron chi connectivity index (χ3n) is 3.37. The number of amides is 2. The lowest BCUT2D eigenvalue weighted by Crippen LogP contribution is -2.44. The van der Waals surface area contributed by atoms with Crippen molar-refractivity contribution < 1.29 is 14.1 Å². The number of nitrogens with one attached hydrogen (secondary N) is 2. The van der Waals surface area contributed by atoms with Gasteiger partial charge in [-0.05, 0) is 12.8 Å². The molecule has 8 nitrogen and oxygen atoms in total. The molecule has 0 aromatic carbocycles. The van der Waals surface area contributed by atoms with Crippen molar-refractivity contribution in [3.05, 3.63) is 30.3 Å². The molecule has 112 valence electrons. The van der Waals surface area contributed by atoms with Gasteiger partial charge >= 0.3 is 6.03 Å². The van der Waals surface area contributed by atoms with Crippen molar-refractivity contribution in [2.24, 2.45) is 7.05 Å². The molecule has 2 amide bonds. The molecule has 8 heteroatoms. The largest absolute Gasteiger partial charge is 0.371 e. The standard InChI is InChI=1S/C13H17N5O3/c1-18-8-9(7-14-18)12-10(3-2-5-20-12)15-13(19)16-11-4-6-21-17-11/h4,6-8,10,12H,2-3,5H2,1H3,(H2,15,16,17,19)/t10-,12+/m0/s1. The number of nitrogens with zero attached hydrogens (tertiary/aromatic N) is 3. The molecule has 0 radical (unpaired) electrons. The number of anilines is 1. The Hall–Kier alpha value is -2.35. The maximum Gasteiger partial charge on any atom is 0.320 e. The minimum absolute atomic E-state index is 0.102. The van der Waals surface area contributed by atoms with Crippen LogP contribution in [0.3, 0.4) is 0 Å². The average Bonchev–Trinajstić information content (AvgIpc) is 3.11. The average molecular weight is 291 g/mol. The third-order valence-corrected chi connectivity index (χ3v) is 3.37. The number of hydrogen-bond acceptors (Lipinski definition) is 5. The monoisotopic (exact) mass is 291 g/mol. The molecular formula is C13H17N5O3. The first-order valence-electron chi connectivity index (χ1n) is 6.80. The molecule has 1 fully saturated rings. The normalized spacial score (nSPS) is 22.0. The van der Waals surface area contributed by atoms with Crippen molar-refractivity contribution in [3.63, 3.8) is 0 Å². The van der Waals surface area contributed by atoms with Crippen LogP contribution >= 0.6 is 0 Å². The number of urea groups is 1. The van der Waals surface area contributed by atoms with Gasteiger partial charge in [0.2, 0.25) is 0 Å². The van der Waals surface area contributed by atoms with Gasteiger partial charge in [-0.15, -0.1) is 0 Å². The van der Waals surface area contributed by atoms with Crippen molar-refractivity contribution in [1.82, 2.24) is 20.3 Å². The highest BCUT2D eigenvalue weighted by molar-refractivity contribution is 5.88.